The van der Waals surface area contributed by atoms with Crippen LogP contribution in [0.1, 0.15) is 25.8 Å². The third-order valence-corrected chi connectivity index (χ3v) is 4.09. The standard InChI is InChI=1S/C17H25ClN2O2/c1-17(2,22)13-19-8-10-20(11-9-19)16(21)7-6-14-4-3-5-15(18)12-14/h3-5,12,22H,6-11,13H2,1-2H3. The number of halogens is 1. The van der Waals surface area contributed by atoms with E-state index in [9.17, 15) is 9.90 Å². The number of amides is 1. The molecule has 22 heavy (non-hydrogen) atoms. The maximum Gasteiger partial charge on any atom is 0.222 e. The molecular formula is C17H25ClN2O2. The van der Waals surface area contributed by atoms with Crippen LogP contribution in [0.25, 0.3) is 0 Å². The molecule has 4 nitrogen and oxygen atoms in total. The van der Waals surface area contributed by atoms with Crippen molar-refractivity contribution in [3.63, 3.8) is 0 Å². The number of β-amino-alcohol motifs (C(OH)–C–C–N with tert-alkyl or cyclic N) is 1. The minimum Gasteiger partial charge on any atom is -0.389 e. The number of carbonyl (C=O) groups excluding carboxylic acids is 1. The fourth-order valence-corrected chi connectivity index (χ4v) is 3.02. The van der Waals surface area contributed by atoms with Gasteiger partial charge in [-0.3, -0.25) is 9.69 Å². The first kappa shape index (κ1) is 17.3. The van der Waals surface area contributed by atoms with Gasteiger partial charge in [0.1, 0.15) is 0 Å². The zero-order chi connectivity index (χ0) is 16.2. The predicted molar refractivity (Wildman–Crippen MR) is 89.1 cm³/mol. The topological polar surface area (TPSA) is 43.8 Å². The van der Waals surface area contributed by atoms with Crippen molar-refractivity contribution in [3.05, 3.63) is 34.9 Å². The van der Waals surface area contributed by atoms with Crippen LogP contribution < -0.4 is 0 Å². The van der Waals surface area contributed by atoms with Gasteiger partial charge in [-0.25, -0.2) is 0 Å². The zero-order valence-electron chi connectivity index (χ0n) is 13.4. The Balaban J connectivity index is 1.75. The van der Waals surface area contributed by atoms with Crippen molar-refractivity contribution in [3.8, 4) is 0 Å². The molecule has 1 heterocycles. The van der Waals surface area contributed by atoms with Gasteiger partial charge in [0.2, 0.25) is 5.91 Å². The van der Waals surface area contributed by atoms with Crippen molar-refractivity contribution in [1.29, 1.82) is 0 Å². The van der Waals surface area contributed by atoms with E-state index in [-0.39, 0.29) is 5.91 Å². The first-order valence-corrected chi connectivity index (χ1v) is 8.18. The Morgan fingerprint density at radius 3 is 2.55 bits per heavy atom. The summed E-state index contributed by atoms with van der Waals surface area (Å²) in [5.74, 6) is 0.197. The molecule has 0 atom stereocenters. The van der Waals surface area contributed by atoms with Crippen molar-refractivity contribution < 1.29 is 9.90 Å². The molecule has 5 heteroatoms. The fraction of sp³-hybridized carbons (Fsp3) is 0.588. The molecule has 0 saturated carbocycles. The van der Waals surface area contributed by atoms with Crippen molar-refractivity contribution in [2.75, 3.05) is 32.7 Å². The van der Waals surface area contributed by atoms with E-state index in [0.717, 1.165) is 38.2 Å². The van der Waals surface area contributed by atoms with Crippen LogP contribution in [-0.4, -0.2) is 59.1 Å². The Hall–Kier alpha value is -1.10. The van der Waals surface area contributed by atoms with Crippen molar-refractivity contribution in [2.45, 2.75) is 32.3 Å². The Labute approximate surface area is 137 Å². The molecular weight excluding hydrogens is 300 g/mol. The molecule has 1 N–H and O–H groups in total. The number of piperazine rings is 1. The van der Waals surface area contributed by atoms with E-state index in [1.165, 1.54) is 0 Å². The SMILES string of the molecule is CC(C)(O)CN1CCN(C(=O)CCc2cccc(Cl)c2)CC1. The molecule has 0 spiro atoms. The van der Waals surface area contributed by atoms with Crippen LogP contribution in [0.4, 0.5) is 0 Å². The Bertz CT molecular complexity index is 506. The first-order chi connectivity index (χ1) is 10.3. The Morgan fingerprint density at radius 2 is 1.95 bits per heavy atom. The molecule has 1 aromatic rings. The molecule has 0 radical (unpaired) electrons. The highest BCUT2D eigenvalue weighted by Crippen LogP contribution is 2.14. The van der Waals surface area contributed by atoms with Crippen LogP contribution in [0.15, 0.2) is 24.3 Å². The maximum absolute atomic E-state index is 12.3. The minimum atomic E-state index is -0.682. The fourth-order valence-electron chi connectivity index (χ4n) is 2.80. The summed E-state index contributed by atoms with van der Waals surface area (Å²) in [6.45, 7) is 7.41. The second-order valence-electron chi connectivity index (χ2n) is 6.60. The molecule has 0 unspecified atom stereocenters. The number of nitrogens with zero attached hydrogens (tertiary/aromatic N) is 2. The summed E-state index contributed by atoms with van der Waals surface area (Å²) in [6.07, 6.45) is 1.25. The quantitative estimate of drug-likeness (QED) is 0.903. The van der Waals surface area contributed by atoms with Gasteiger partial charge in [-0.05, 0) is 38.0 Å². The van der Waals surface area contributed by atoms with E-state index in [1.54, 1.807) is 0 Å². The van der Waals surface area contributed by atoms with E-state index in [0.29, 0.717) is 18.0 Å². The number of benzene rings is 1. The second kappa shape index (κ2) is 7.44. The molecule has 0 aromatic heterocycles. The lowest BCUT2D eigenvalue weighted by molar-refractivity contribution is -0.133. The summed E-state index contributed by atoms with van der Waals surface area (Å²) >= 11 is 5.96. The van der Waals surface area contributed by atoms with Gasteiger partial charge in [-0.15, -0.1) is 0 Å². The van der Waals surface area contributed by atoms with Crippen LogP contribution in [0.3, 0.4) is 0 Å². The van der Waals surface area contributed by atoms with Crippen molar-refractivity contribution in [1.82, 2.24) is 9.80 Å². The summed E-state index contributed by atoms with van der Waals surface area (Å²) in [5, 5.41) is 10.6. The van der Waals surface area contributed by atoms with E-state index in [2.05, 4.69) is 4.90 Å². The number of aryl methyl sites for hydroxylation is 1. The Kier molecular flexibility index (Phi) is 5.84. The largest absolute Gasteiger partial charge is 0.389 e. The molecule has 1 amide bonds. The van der Waals surface area contributed by atoms with Crippen LogP contribution in [-0.2, 0) is 11.2 Å². The van der Waals surface area contributed by atoms with Gasteiger partial charge in [0.15, 0.2) is 0 Å². The molecule has 1 aliphatic rings. The van der Waals surface area contributed by atoms with Crippen LogP contribution >= 0.6 is 11.6 Å². The van der Waals surface area contributed by atoms with Crippen LogP contribution in [0.2, 0.25) is 5.02 Å². The summed E-state index contributed by atoms with van der Waals surface area (Å²) in [4.78, 5) is 16.4. The smallest absolute Gasteiger partial charge is 0.222 e. The minimum absolute atomic E-state index is 0.197. The third kappa shape index (κ3) is 5.59. The lowest BCUT2D eigenvalue weighted by atomic mass is 10.1. The van der Waals surface area contributed by atoms with Gasteiger partial charge in [-0.1, -0.05) is 23.7 Å². The average Bonchev–Trinajstić information content (AvgIpc) is 2.44. The number of rotatable bonds is 5. The summed E-state index contributed by atoms with van der Waals surface area (Å²) in [6, 6.07) is 7.67. The molecule has 0 aliphatic carbocycles. The highest BCUT2D eigenvalue weighted by Gasteiger charge is 2.24. The summed E-state index contributed by atoms with van der Waals surface area (Å²) in [7, 11) is 0. The van der Waals surface area contributed by atoms with Crippen LogP contribution in [0, 0.1) is 0 Å². The number of hydrogen-bond donors (Lipinski definition) is 1. The van der Waals surface area contributed by atoms with E-state index in [1.807, 2.05) is 43.0 Å². The zero-order valence-corrected chi connectivity index (χ0v) is 14.1. The lowest BCUT2D eigenvalue weighted by Crippen LogP contribution is -2.52. The predicted octanol–water partition coefficient (Wildman–Crippen LogP) is 2.19. The normalized spacial score (nSPS) is 16.8. The van der Waals surface area contributed by atoms with Gasteiger partial charge >= 0.3 is 0 Å². The van der Waals surface area contributed by atoms with Crippen molar-refractivity contribution in [2.24, 2.45) is 0 Å². The monoisotopic (exact) mass is 324 g/mol. The van der Waals surface area contributed by atoms with E-state index >= 15 is 0 Å². The van der Waals surface area contributed by atoms with E-state index in [4.69, 9.17) is 11.6 Å². The molecule has 0 bridgehead atoms. The molecule has 1 saturated heterocycles. The van der Waals surface area contributed by atoms with Gasteiger partial charge in [0.25, 0.3) is 0 Å². The second-order valence-corrected chi connectivity index (χ2v) is 7.04. The number of aliphatic hydroxyl groups is 1. The highest BCUT2D eigenvalue weighted by atomic mass is 35.5. The van der Waals surface area contributed by atoms with Crippen molar-refractivity contribution >= 4 is 17.5 Å². The lowest BCUT2D eigenvalue weighted by Gasteiger charge is -2.37. The molecule has 1 aromatic carbocycles. The first-order valence-electron chi connectivity index (χ1n) is 7.80. The number of hydrogen-bond acceptors (Lipinski definition) is 3. The van der Waals surface area contributed by atoms with Gasteiger partial charge in [0, 0.05) is 44.2 Å². The van der Waals surface area contributed by atoms with E-state index < -0.39 is 5.60 Å². The molecule has 2 rings (SSSR count). The van der Waals surface area contributed by atoms with Crippen LogP contribution in [0.5, 0.6) is 0 Å². The molecule has 122 valence electrons. The van der Waals surface area contributed by atoms with Gasteiger partial charge in [-0.2, -0.15) is 0 Å². The summed E-state index contributed by atoms with van der Waals surface area (Å²) < 4.78 is 0. The van der Waals surface area contributed by atoms with Gasteiger partial charge in [0.05, 0.1) is 5.60 Å². The molecule has 1 fully saturated rings. The Morgan fingerprint density at radius 1 is 1.27 bits per heavy atom. The summed E-state index contributed by atoms with van der Waals surface area (Å²) in [5.41, 5.74) is 0.417. The number of carbonyl (C=O) groups is 1. The maximum atomic E-state index is 12.3. The van der Waals surface area contributed by atoms with Gasteiger partial charge < -0.3 is 10.0 Å². The third-order valence-electron chi connectivity index (χ3n) is 3.85. The molecule has 1 aliphatic heterocycles. The highest BCUT2D eigenvalue weighted by molar-refractivity contribution is 6.30. The average molecular weight is 325 g/mol.